The van der Waals surface area contributed by atoms with E-state index >= 15 is 0 Å². The second-order valence-corrected chi connectivity index (χ2v) is 4.86. The van der Waals surface area contributed by atoms with E-state index in [-0.39, 0.29) is 17.8 Å². The van der Waals surface area contributed by atoms with Crippen molar-refractivity contribution in [1.82, 2.24) is 15.2 Å². The third-order valence-electron chi connectivity index (χ3n) is 2.75. The van der Waals surface area contributed by atoms with Gasteiger partial charge in [-0.25, -0.2) is 4.79 Å². The fourth-order valence-electron chi connectivity index (χ4n) is 1.61. The Morgan fingerprint density at radius 1 is 1.32 bits per heavy atom. The highest BCUT2D eigenvalue weighted by Crippen LogP contribution is 2.14. The summed E-state index contributed by atoms with van der Waals surface area (Å²) in [7, 11) is 0. The van der Waals surface area contributed by atoms with Crippen LogP contribution in [-0.4, -0.2) is 38.8 Å². The zero-order valence-corrected chi connectivity index (χ0v) is 12.2. The predicted octanol–water partition coefficient (Wildman–Crippen LogP) is 1.64. The number of hydrogen-bond donors (Lipinski definition) is 3. The van der Waals surface area contributed by atoms with Gasteiger partial charge < -0.3 is 9.84 Å². The molecule has 0 fully saturated rings. The maximum atomic E-state index is 12.0. The van der Waals surface area contributed by atoms with Gasteiger partial charge in [-0.05, 0) is 24.3 Å². The molecule has 8 heteroatoms. The van der Waals surface area contributed by atoms with Crippen LogP contribution in [-0.2, 0) is 4.79 Å². The number of carboxylic acids is 1. The number of aliphatic carboxylic acids is 1. The van der Waals surface area contributed by atoms with E-state index in [1.54, 1.807) is 0 Å². The lowest BCUT2D eigenvalue weighted by atomic mass is 10.2. The number of carbonyl (C=O) groups excluding carboxylic acids is 1. The van der Waals surface area contributed by atoms with Gasteiger partial charge in [0.1, 0.15) is 11.6 Å². The molecule has 0 bridgehead atoms. The molecule has 1 amide bonds. The Bertz CT molecular complexity index is 664. The van der Waals surface area contributed by atoms with E-state index in [9.17, 15) is 9.59 Å². The summed E-state index contributed by atoms with van der Waals surface area (Å²) in [5, 5.41) is 17.8. The zero-order chi connectivity index (χ0) is 16.1. The molecule has 0 atom stereocenters. The Morgan fingerprint density at radius 3 is 2.55 bits per heavy atom. The van der Waals surface area contributed by atoms with Crippen molar-refractivity contribution in [3.63, 3.8) is 0 Å². The molecule has 0 spiro atoms. The molecule has 0 saturated carbocycles. The number of anilines is 1. The molecule has 1 heterocycles. The van der Waals surface area contributed by atoms with Crippen LogP contribution >= 0.6 is 0 Å². The Hall–Kier alpha value is -2.90. The zero-order valence-electron chi connectivity index (χ0n) is 12.2. The minimum Gasteiger partial charge on any atom is -0.482 e. The SMILES string of the molecule is CC(C)c1nc(NC(=O)c2ccc(OCC(=O)O)cc2)n[nH]1. The van der Waals surface area contributed by atoms with Gasteiger partial charge in [0.05, 0.1) is 0 Å². The fourth-order valence-corrected chi connectivity index (χ4v) is 1.61. The van der Waals surface area contributed by atoms with Crippen LogP contribution in [0, 0.1) is 0 Å². The largest absolute Gasteiger partial charge is 0.482 e. The van der Waals surface area contributed by atoms with Crippen molar-refractivity contribution in [2.24, 2.45) is 0 Å². The first-order chi connectivity index (χ1) is 10.5. The van der Waals surface area contributed by atoms with Gasteiger partial charge in [0.25, 0.3) is 5.91 Å². The lowest BCUT2D eigenvalue weighted by Crippen LogP contribution is -2.13. The van der Waals surface area contributed by atoms with Crippen LogP contribution in [0.4, 0.5) is 5.95 Å². The predicted molar refractivity (Wildman–Crippen MR) is 78.0 cm³/mol. The molecule has 2 aromatic rings. The van der Waals surface area contributed by atoms with Crippen molar-refractivity contribution in [2.75, 3.05) is 11.9 Å². The molecule has 0 aliphatic carbocycles. The van der Waals surface area contributed by atoms with Gasteiger partial charge in [0.15, 0.2) is 6.61 Å². The van der Waals surface area contributed by atoms with Gasteiger partial charge in [0.2, 0.25) is 5.95 Å². The molecule has 116 valence electrons. The van der Waals surface area contributed by atoms with E-state index in [1.807, 2.05) is 13.8 Å². The number of hydrogen-bond acceptors (Lipinski definition) is 5. The lowest BCUT2D eigenvalue weighted by molar-refractivity contribution is -0.139. The number of carboxylic acid groups (broad SMARTS) is 1. The van der Waals surface area contributed by atoms with Gasteiger partial charge in [-0.2, -0.15) is 4.98 Å². The quantitative estimate of drug-likeness (QED) is 0.747. The summed E-state index contributed by atoms with van der Waals surface area (Å²) in [5.74, 6) is 0.0295. The molecule has 2 rings (SSSR count). The van der Waals surface area contributed by atoms with E-state index in [0.29, 0.717) is 17.1 Å². The third kappa shape index (κ3) is 4.05. The molecule has 0 unspecified atom stereocenters. The molecule has 0 radical (unpaired) electrons. The van der Waals surface area contributed by atoms with Crippen molar-refractivity contribution in [1.29, 1.82) is 0 Å². The molecule has 0 saturated heterocycles. The molecule has 1 aromatic heterocycles. The van der Waals surface area contributed by atoms with E-state index in [4.69, 9.17) is 9.84 Å². The highest BCUT2D eigenvalue weighted by Gasteiger charge is 2.11. The number of amides is 1. The summed E-state index contributed by atoms with van der Waals surface area (Å²) in [5.41, 5.74) is 0.388. The molecule has 0 aliphatic heterocycles. The molecule has 3 N–H and O–H groups in total. The standard InChI is InChI=1S/C14H16N4O4/c1-8(2)12-15-14(18-17-12)16-13(21)9-3-5-10(6-4-9)22-7-11(19)20/h3-6,8H,7H2,1-2H3,(H,19,20)(H2,15,16,17,18,21). The normalized spacial score (nSPS) is 10.5. The summed E-state index contributed by atoms with van der Waals surface area (Å²) >= 11 is 0. The van der Waals surface area contributed by atoms with Crippen LogP contribution < -0.4 is 10.1 Å². The van der Waals surface area contributed by atoms with E-state index in [0.717, 1.165) is 0 Å². The van der Waals surface area contributed by atoms with Crippen molar-refractivity contribution in [2.45, 2.75) is 19.8 Å². The fraction of sp³-hybridized carbons (Fsp3) is 0.286. The molecule has 8 nitrogen and oxygen atoms in total. The molecule has 1 aromatic carbocycles. The summed E-state index contributed by atoms with van der Waals surface area (Å²) < 4.78 is 4.99. The van der Waals surface area contributed by atoms with Gasteiger partial charge in [-0.1, -0.05) is 13.8 Å². The number of rotatable bonds is 6. The first-order valence-electron chi connectivity index (χ1n) is 6.64. The number of nitrogens with one attached hydrogen (secondary N) is 2. The molecule has 0 aliphatic rings. The van der Waals surface area contributed by atoms with Gasteiger partial charge >= 0.3 is 5.97 Å². The number of H-pyrrole nitrogens is 1. The first-order valence-corrected chi connectivity index (χ1v) is 6.64. The minimum absolute atomic E-state index is 0.184. The second-order valence-electron chi connectivity index (χ2n) is 4.86. The summed E-state index contributed by atoms with van der Waals surface area (Å²) in [6, 6.07) is 6.11. The van der Waals surface area contributed by atoms with Crippen LogP contribution in [0.2, 0.25) is 0 Å². The average molecular weight is 304 g/mol. The third-order valence-corrected chi connectivity index (χ3v) is 2.75. The van der Waals surface area contributed by atoms with Gasteiger partial charge in [0, 0.05) is 11.5 Å². The number of aromatic amines is 1. The Morgan fingerprint density at radius 2 is 2.00 bits per heavy atom. The van der Waals surface area contributed by atoms with Gasteiger partial charge in [-0.15, -0.1) is 5.10 Å². The van der Waals surface area contributed by atoms with Crippen LogP contribution in [0.25, 0.3) is 0 Å². The van der Waals surface area contributed by atoms with Crippen molar-refractivity contribution >= 4 is 17.8 Å². The Balaban J connectivity index is 1.98. The second kappa shape index (κ2) is 6.70. The van der Waals surface area contributed by atoms with Crippen molar-refractivity contribution in [3.8, 4) is 5.75 Å². The monoisotopic (exact) mass is 304 g/mol. The number of carbonyl (C=O) groups is 2. The Labute approximate surface area is 126 Å². The molecule has 22 heavy (non-hydrogen) atoms. The van der Waals surface area contributed by atoms with Crippen LogP contribution in [0.15, 0.2) is 24.3 Å². The summed E-state index contributed by atoms with van der Waals surface area (Å²) in [6.07, 6.45) is 0. The molecular formula is C14H16N4O4. The topological polar surface area (TPSA) is 117 Å². The maximum absolute atomic E-state index is 12.0. The van der Waals surface area contributed by atoms with E-state index < -0.39 is 12.6 Å². The summed E-state index contributed by atoms with van der Waals surface area (Å²) in [6.45, 7) is 3.49. The van der Waals surface area contributed by atoms with Crippen LogP contribution in [0.1, 0.15) is 35.9 Å². The number of nitrogens with zero attached hydrogens (tertiary/aromatic N) is 2. The maximum Gasteiger partial charge on any atom is 0.341 e. The number of benzene rings is 1. The summed E-state index contributed by atoms with van der Waals surface area (Å²) in [4.78, 5) is 26.6. The Kier molecular flexibility index (Phi) is 4.72. The van der Waals surface area contributed by atoms with E-state index in [1.165, 1.54) is 24.3 Å². The van der Waals surface area contributed by atoms with Crippen LogP contribution in [0.5, 0.6) is 5.75 Å². The smallest absolute Gasteiger partial charge is 0.341 e. The minimum atomic E-state index is -1.06. The van der Waals surface area contributed by atoms with Crippen molar-refractivity contribution in [3.05, 3.63) is 35.7 Å². The lowest BCUT2D eigenvalue weighted by Gasteiger charge is -2.04. The van der Waals surface area contributed by atoms with E-state index in [2.05, 4.69) is 20.5 Å². The first kappa shape index (κ1) is 15.5. The number of ether oxygens (including phenoxy) is 1. The van der Waals surface area contributed by atoms with Crippen LogP contribution in [0.3, 0.4) is 0 Å². The average Bonchev–Trinajstić information content (AvgIpc) is 2.94. The van der Waals surface area contributed by atoms with Crippen molar-refractivity contribution < 1.29 is 19.4 Å². The highest BCUT2D eigenvalue weighted by molar-refractivity contribution is 6.03. The van der Waals surface area contributed by atoms with Gasteiger partial charge in [-0.3, -0.25) is 15.2 Å². The number of aromatic nitrogens is 3. The molecular weight excluding hydrogens is 288 g/mol. The highest BCUT2D eigenvalue weighted by atomic mass is 16.5.